The lowest BCUT2D eigenvalue weighted by molar-refractivity contribution is 0.793. The quantitative estimate of drug-likeness (QED) is 0.270. The molecule has 1 aromatic heterocycles. The van der Waals surface area contributed by atoms with Crippen molar-refractivity contribution in [3.8, 4) is 11.1 Å². The monoisotopic (exact) mass is 420 g/mol. The standard InChI is InChI=1S/C26H20N4S/c31-26-29-28-25(17-23-11-6-10-22-9-4-5-12-24(22)23)30(26)27-18-19-13-15-21(16-14-19)20-7-2-1-3-8-20/h1-16,18H,17H2,(H,29,31)/b27-18-. The highest BCUT2D eigenvalue weighted by molar-refractivity contribution is 7.71. The van der Waals surface area contributed by atoms with Crippen molar-refractivity contribution >= 4 is 29.2 Å². The molecule has 0 aliphatic rings. The first-order chi connectivity index (χ1) is 15.3. The van der Waals surface area contributed by atoms with Crippen LogP contribution >= 0.6 is 12.2 Å². The number of hydrogen-bond donors (Lipinski definition) is 1. The number of nitrogens with zero attached hydrogens (tertiary/aromatic N) is 3. The maximum Gasteiger partial charge on any atom is 0.216 e. The average Bonchev–Trinajstić information content (AvgIpc) is 3.18. The van der Waals surface area contributed by atoms with Gasteiger partial charge in [-0.15, -0.1) is 0 Å². The van der Waals surface area contributed by atoms with E-state index in [1.807, 2.05) is 24.4 Å². The summed E-state index contributed by atoms with van der Waals surface area (Å²) in [7, 11) is 0. The molecule has 5 rings (SSSR count). The fraction of sp³-hybridized carbons (Fsp3) is 0.0385. The summed E-state index contributed by atoms with van der Waals surface area (Å²) in [4.78, 5) is 0. The van der Waals surface area contributed by atoms with E-state index in [1.54, 1.807) is 4.68 Å². The molecule has 150 valence electrons. The highest BCUT2D eigenvalue weighted by Crippen LogP contribution is 2.21. The van der Waals surface area contributed by atoms with Gasteiger partial charge in [0.05, 0.1) is 6.21 Å². The third-order valence-corrected chi connectivity index (χ3v) is 5.55. The van der Waals surface area contributed by atoms with Crippen molar-refractivity contribution < 1.29 is 0 Å². The van der Waals surface area contributed by atoms with Crippen LogP contribution in [0.5, 0.6) is 0 Å². The molecule has 0 bridgehead atoms. The molecule has 4 aromatic carbocycles. The summed E-state index contributed by atoms with van der Waals surface area (Å²) in [5.74, 6) is 0.776. The van der Waals surface area contributed by atoms with Crippen LogP contribution in [0.1, 0.15) is 17.0 Å². The fourth-order valence-corrected chi connectivity index (χ4v) is 3.89. The van der Waals surface area contributed by atoms with Gasteiger partial charge in [-0.1, -0.05) is 97.1 Å². The lowest BCUT2D eigenvalue weighted by atomic mass is 10.0. The number of aromatic amines is 1. The van der Waals surface area contributed by atoms with Gasteiger partial charge in [0.2, 0.25) is 4.77 Å². The average molecular weight is 421 g/mol. The van der Waals surface area contributed by atoms with Gasteiger partial charge in [-0.25, -0.2) is 0 Å². The fourth-order valence-electron chi connectivity index (χ4n) is 3.69. The molecule has 0 saturated heterocycles. The van der Waals surface area contributed by atoms with Crippen LogP contribution in [0.25, 0.3) is 21.9 Å². The molecule has 0 aliphatic carbocycles. The van der Waals surface area contributed by atoms with Crippen LogP contribution in [0, 0.1) is 4.77 Å². The predicted octanol–water partition coefficient (Wildman–Crippen LogP) is 6.23. The Morgan fingerprint density at radius 3 is 2.35 bits per heavy atom. The topological polar surface area (TPSA) is 46.0 Å². The number of rotatable bonds is 5. The zero-order chi connectivity index (χ0) is 21.0. The van der Waals surface area contributed by atoms with Gasteiger partial charge < -0.3 is 0 Å². The SMILES string of the molecule is S=c1[nH]nc(Cc2cccc3ccccc23)n1/N=C\c1ccc(-c2ccccc2)cc1. The minimum Gasteiger partial charge on any atom is -0.250 e. The van der Waals surface area contributed by atoms with Crippen molar-refractivity contribution in [2.75, 3.05) is 0 Å². The number of benzene rings is 4. The van der Waals surface area contributed by atoms with Crippen LogP contribution in [0.15, 0.2) is 102 Å². The van der Waals surface area contributed by atoms with Gasteiger partial charge in [0, 0.05) is 6.42 Å². The Labute approximate surface area is 185 Å². The molecule has 0 saturated carbocycles. The summed E-state index contributed by atoms with van der Waals surface area (Å²) in [5.41, 5.74) is 4.56. The molecule has 0 aliphatic heterocycles. The van der Waals surface area contributed by atoms with E-state index in [-0.39, 0.29) is 0 Å². The first-order valence-corrected chi connectivity index (χ1v) is 10.5. The Kier molecular flexibility index (Phi) is 5.25. The Bertz CT molecular complexity index is 1410. The molecule has 31 heavy (non-hydrogen) atoms. The van der Waals surface area contributed by atoms with Gasteiger partial charge >= 0.3 is 0 Å². The first kappa shape index (κ1) is 19.2. The summed E-state index contributed by atoms with van der Waals surface area (Å²) < 4.78 is 2.18. The summed E-state index contributed by atoms with van der Waals surface area (Å²) in [5, 5.41) is 14.3. The van der Waals surface area contributed by atoms with Crippen LogP contribution in [0.2, 0.25) is 0 Å². The van der Waals surface area contributed by atoms with Gasteiger partial charge in [0.1, 0.15) is 0 Å². The Morgan fingerprint density at radius 1 is 0.806 bits per heavy atom. The molecule has 0 radical (unpaired) electrons. The highest BCUT2D eigenvalue weighted by atomic mass is 32.1. The maximum atomic E-state index is 5.42. The van der Waals surface area contributed by atoms with E-state index in [2.05, 4.69) is 94.2 Å². The summed E-state index contributed by atoms with van der Waals surface area (Å²) in [6, 6.07) is 33.3. The van der Waals surface area contributed by atoms with Crippen LogP contribution in [-0.4, -0.2) is 21.1 Å². The molecule has 0 unspecified atom stereocenters. The minimum absolute atomic E-state index is 0.479. The number of fused-ring (bicyclic) bond motifs is 1. The molecular formula is C26H20N4S. The van der Waals surface area contributed by atoms with Crippen molar-refractivity contribution in [2.45, 2.75) is 6.42 Å². The molecule has 0 spiro atoms. The van der Waals surface area contributed by atoms with Crippen LogP contribution in [0.3, 0.4) is 0 Å². The number of hydrogen-bond acceptors (Lipinski definition) is 3. The maximum absolute atomic E-state index is 5.42. The van der Waals surface area contributed by atoms with Gasteiger partial charge in [0.25, 0.3) is 0 Å². The smallest absolute Gasteiger partial charge is 0.216 e. The molecule has 1 N–H and O–H groups in total. The third-order valence-electron chi connectivity index (χ3n) is 5.29. The second-order valence-electron chi connectivity index (χ2n) is 7.30. The lowest BCUT2D eigenvalue weighted by Crippen LogP contribution is -2.01. The Hall–Kier alpha value is -3.83. The van der Waals surface area contributed by atoms with Crippen LogP contribution < -0.4 is 0 Å². The molecule has 0 fully saturated rings. The van der Waals surface area contributed by atoms with E-state index in [1.165, 1.54) is 27.5 Å². The molecule has 0 atom stereocenters. The number of H-pyrrole nitrogens is 1. The normalized spacial score (nSPS) is 11.4. The highest BCUT2D eigenvalue weighted by Gasteiger charge is 2.09. The van der Waals surface area contributed by atoms with Gasteiger partial charge in [0.15, 0.2) is 5.82 Å². The first-order valence-electron chi connectivity index (χ1n) is 10.1. The molecule has 5 aromatic rings. The number of nitrogens with one attached hydrogen (secondary N) is 1. The summed E-state index contributed by atoms with van der Waals surface area (Å²) in [6.45, 7) is 0. The van der Waals surface area contributed by atoms with E-state index >= 15 is 0 Å². The van der Waals surface area contributed by atoms with Gasteiger partial charge in [-0.3, -0.25) is 5.10 Å². The molecule has 5 heteroatoms. The van der Waals surface area contributed by atoms with Crippen molar-refractivity contribution in [1.82, 2.24) is 14.9 Å². The summed E-state index contributed by atoms with van der Waals surface area (Å²) >= 11 is 5.42. The Balaban J connectivity index is 1.41. The summed E-state index contributed by atoms with van der Waals surface area (Å²) in [6.07, 6.45) is 2.45. The van der Waals surface area contributed by atoms with E-state index in [9.17, 15) is 0 Å². The Morgan fingerprint density at radius 2 is 1.52 bits per heavy atom. The molecule has 0 amide bonds. The minimum atomic E-state index is 0.479. The molecule has 1 heterocycles. The van der Waals surface area contributed by atoms with E-state index in [4.69, 9.17) is 12.2 Å². The van der Waals surface area contributed by atoms with Crippen LogP contribution in [-0.2, 0) is 6.42 Å². The van der Waals surface area contributed by atoms with Crippen LogP contribution in [0.4, 0.5) is 0 Å². The van der Waals surface area contributed by atoms with Crippen molar-refractivity contribution in [3.63, 3.8) is 0 Å². The van der Waals surface area contributed by atoms with Crippen molar-refractivity contribution in [1.29, 1.82) is 0 Å². The largest absolute Gasteiger partial charge is 0.250 e. The second kappa shape index (κ2) is 8.50. The predicted molar refractivity (Wildman–Crippen MR) is 129 cm³/mol. The van der Waals surface area contributed by atoms with E-state index in [0.717, 1.165) is 11.4 Å². The molecular weight excluding hydrogens is 400 g/mol. The number of aromatic nitrogens is 3. The zero-order valence-corrected chi connectivity index (χ0v) is 17.6. The van der Waals surface area contributed by atoms with Gasteiger partial charge in [-0.2, -0.15) is 14.9 Å². The second-order valence-corrected chi connectivity index (χ2v) is 7.69. The van der Waals surface area contributed by atoms with Gasteiger partial charge in [-0.05, 0) is 45.2 Å². The van der Waals surface area contributed by atoms with Crippen molar-refractivity contribution in [2.24, 2.45) is 5.10 Å². The van der Waals surface area contributed by atoms with Crippen molar-refractivity contribution in [3.05, 3.63) is 119 Å². The lowest BCUT2D eigenvalue weighted by Gasteiger charge is -2.06. The van der Waals surface area contributed by atoms with E-state index in [0.29, 0.717) is 11.2 Å². The molecule has 4 nitrogen and oxygen atoms in total. The van der Waals surface area contributed by atoms with E-state index < -0.39 is 0 Å². The third kappa shape index (κ3) is 4.09. The zero-order valence-electron chi connectivity index (χ0n) is 16.8.